The van der Waals surface area contributed by atoms with E-state index in [1.165, 1.54) is 12.1 Å². The maximum absolute atomic E-state index is 13.0. The third-order valence-corrected chi connectivity index (χ3v) is 5.13. The predicted molar refractivity (Wildman–Crippen MR) is 93.5 cm³/mol. The van der Waals surface area contributed by atoms with Gasteiger partial charge in [-0.05, 0) is 37.1 Å². The van der Waals surface area contributed by atoms with E-state index in [2.05, 4.69) is 9.80 Å². The highest BCUT2D eigenvalue weighted by molar-refractivity contribution is 5.76. The Morgan fingerprint density at radius 2 is 1.83 bits per heavy atom. The molecule has 1 aromatic carbocycles. The molecule has 0 aromatic heterocycles. The van der Waals surface area contributed by atoms with E-state index in [-0.39, 0.29) is 11.7 Å². The second-order valence-electron chi connectivity index (χ2n) is 6.67. The molecule has 0 saturated carbocycles. The van der Waals surface area contributed by atoms with Crippen molar-refractivity contribution in [2.24, 2.45) is 5.73 Å². The summed E-state index contributed by atoms with van der Waals surface area (Å²) in [4.78, 5) is 18.9. The summed E-state index contributed by atoms with van der Waals surface area (Å²) in [7, 11) is 0. The number of carbonyl (C=O) groups excluding carboxylic acids is 1. The number of hydrogen-bond acceptors (Lipinski definition) is 4. The maximum atomic E-state index is 13.0. The SMILES string of the molecule is NCCC(=O)N1CCC[C@H](N2CCN(c3ccc(F)cc3)CC2)C1. The molecule has 1 amide bonds. The zero-order chi connectivity index (χ0) is 16.9. The van der Waals surface area contributed by atoms with E-state index in [0.29, 0.717) is 19.0 Å². The van der Waals surface area contributed by atoms with Crippen LogP contribution in [0, 0.1) is 5.82 Å². The summed E-state index contributed by atoms with van der Waals surface area (Å²) < 4.78 is 13.0. The van der Waals surface area contributed by atoms with Crippen LogP contribution in [0.25, 0.3) is 0 Å². The predicted octanol–water partition coefficient (Wildman–Crippen LogP) is 1.29. The number of rotatable bonds is 4. The van der Waals surface area contributed by atoms with Gasteiger partial charge in [0.2, 0.25) is 5.91 Å². The molecule has 2 aliphatic heterocycles. The Hall–Kier alpha value is -1.66. The van der Waals surface area contributed by atoms with Gasteiger partial charge in [0, 0.05) is 64.0 Å². The van der Waals surface area contributed by atoms with Crippen LogP contribution in [0.15, 0.2) is 24.3 Å². The number of benzene rings is 1. The molecule has 6 heteroatoms. The smallest absolute Gasteiger partial charge is 0.223 e. The Bertz CT molecular complexity index is 542. The monoisotopic (exact) mass is 334 g/mol. The van der Waals surface area contributed by atoms with Crippen LogP contribution in [-0.4, -0.2) is 67.6 Å². The summed E-state index contributed by atoms with van der Waals surface area (Å²) in [5.74, 6) is -0.00558. The second-order valence-corrected chi connectivity index (χ2v) is 6.67. The van der Waals surface area contributed by atoms with Crippen molar-refractivity contribution in [2.45, 2.75) is 25.3 Å². The fourth-order valence-corrected chi connectivity index (χ4v) is 3.76. The number of hydrogen-bond donors (Lipinski definition) is 1. The summed E-state index contributed by atoms with van der Waals surface area (Å²) in [6.07, 6.45) is 2.67. The molecule has 5 nitrogen and oxygen atoms in total. The number of anilines is 1. The number of halogens is 1. The van der Waals surface area contributed by atoms with Crippen LogP contribution in [0.5, 0.6) is 0 Å². The molecule has 0 spiro atoms. The van der Waals surface area contributed by atoms with Crippen LogP contribution in [0.3, 0.4) is 0 Å². The minimum absolute atomic E-state index is 0.187. The van der Waals surface area contributed by atoms with Crippen LogP contribution < -0.4 is 10.6 Å². The number of carbonyl (C=O) groups is 1. The lowest BCUT2D eigenvalue weighted by Gasteiger charge is -2.44. The number of nitrogens with zero attached hydrogens (tertiary/aromatic N) is 3. The first-order valence-corrected chi connectivity index (χ1v) is 8.90. The Morgan fingerprint density at radius 1 is 1.12 bits per heavy atom. The van der Waals surface area contributed by atoms with Gasteiger partial charge in [-0.3, -0.25) is 9.69 Å². The van der Waals surface area contributed by atoms with Crippen molar-refractivity contribution >= 4 is 11.6 Å². The van der Waals surface area contributed by atoms with Gasteiger partial charge in [0.1, 0.15) is 5.82 Å². The van der Waals surface area contributed by atoms with Gasteiger partial charge in [-0.1, -0.05) is 0 Å². The van der Waals surface area contributed by atoms with Gasteiger partial charge in [-0.15, -0.1) is 0 Å². The number of amides is 1. The van der Waals surface area contributed by atoms with Gasteiger partial charge in [0.15, 0.2) is 0 Å². The van der Waals surface area contributed by atoms with Crippen molar-refractivity contribution in [3.8, 4) is 0 Å². The molecule has 2 fully saturated rings. The molecule has 0 aliphatic carbocycles. The quantitative estimate of drug-likeness (QED) is 0.901. The van der Waals surface area contributed by atoms with Crippen molar-refractivity contribution in [3.63, 3.8) is 0 Å². The van der Waals surface area contributed by atoms with Crippen LogP contribution in [-0.2, 0) is 4.79 Å². The highest BCUT2D eigenvalue weighted by Crippen LogP contribution is 2.21. The van der Waals surface area contributed by atoms with Gasteiger partial charge in [-0.2, -0.15) is 0 Å². The molecule has 0 unspecified atom stereocenters. The molecule has 3 rings (SSSR count). The number of piperazine rings is 1. The molecule has 2 heterocycles. The lowest BCUT2D eigenvalue weighted by Crippen LogP contribution is -2.56. The first-order chi connectivity index (χ1) is 11.7. The lowest BCUT2D eigenvalue weighted by atomic mass is 10.0. The summed E-state index contributed by atoms with van der Waals surface area (Å²) in [6, 6.07) is 7.18. The summed E-state index contributed by atoms with van der Waals surface area (Å²) in [6.45, 7) is 5.98. The van der Waals surface area contributed by atoms with E-state index in [1.54, 1.807) is 0 Å². The zero-order valence-electron chi connectivity index (χ0n) is 14.2. The van der Waals surface area contributed by atoms with Crippen molar-refractivity contribution < 1.29 is 9.18 Å². The number of piperidine rings is 1. The highest BCUT2D eigenvalue weighted by atomic mass is 19.1. The molecule has 2 N–H and O–H groups in total. The zero-order valence-corrected chi connectivity index (χ0v) is 14.2. The van der Waals surface area contributed by atoms with E-state index in [0.717, 1.165) is 57.8 Å². The summed E-state index contributed by atoms with van der Waals surface area (Å²) >= 11 is 0. The van der Waals surface area contributed by atoms with Gasteiger partial charge in [-0.25, -0.2) is 4.39 Å². The van der Waals surface area contributed by atoms with Crippen molar-refractivity contribution in [2.75, 3.05) is 50.7 Å². The standard InChI is InChI=1S/C18H27FN4O/c19-15-3-5-16(6-4-15)21-10-12-22(13-11-21)17-2-1-9-23(14-17)18(24)7-8-20/h3-6,17H,1-2,7-14,20H2/t17-/m0/s1. The number of likely N-dealkylation sites (tertiary alicyclic amines) is 1. The molecular formula is C18H27FN4O. The Balaban J connectivity index is 1.52. The molecule has 2 saturated heterocycles. The Kier molecular flexibility index (Phi) is 5.68. The van der Waals surface area contributed by atoms with Crippen molar-refractivity contribution in [1.82, 2.24) is 9.80 Å². The molecular weight excluding hydrogens is 307 g/mol. The lowest BCUT2D eigenvalue weighted by molar-refractivity contribution is -0.133. The highest BCUT2D eigenvalue weighted by Gasteiger charge is 2.29. The molecule has 0 bridgehead atoms. The normalized spacial score (nSPS) is 22.7. The molecule has 2 aliphatic rings. The van der Waals surface area contributed by atoms with Crippen LogP contribution in [0.2, 0.25) is 0 Å². The van der Waals surface area contributed by atoms with E-state index < -0.39 is 0 Å². The largest absolute Gasteiger partial charge is 0.369 e. The molecule has 1 atom stereocenters. The minimum Gasteiger partial charge on any atom is -0.369 e. The fraction of sp³-hybridized carbons (Fsp3) is 0.611. The van der Waals surface area contributed by atoms with E-state index in [1.807, 2.05) is 17.0 Å². The third kappa shape index (κ3) is 4.05. The van der Waals surface area contributed by atoms with Crippen molar-refractivity contribution in [3.05, 3.63) is 30.1 Å². The topological polar surface area (TPSA) is 52.8 Å². The van der Waals surface area contributed by atoms with Gasteiger partial charge in [0.25, 0.3) is 0 Å². The molecule has 1 aromatic rings. The van der Waals surface area contributed by atoms with Crippen LogP contribution in [0.1, 0.15) is 19.3 Å². The van der Waals surface area contributed by atoms with E-state index in [9.17, 15) is 9.18 Å². The first kappa shape index (κ1) is 17.2. The van der Waals surface area contributed by atoms with Crippen LogP contribution in [0.4, 0.5) is 10.1 Å². The average Bonchev–Trinajstić information content (AvgIpc) is 2.63. The van der Waals surface area contributed by atoms with E-state index >= 15 is 0 Å². The van der Waals surface area contributed by atoms with Crippen LogP contribution >= 0.6 is 0 Å². The van der Waals surface area contributed by atoms with E-state index in [4.69, 9.17) is 5.73 Å². The second kappa shape index (κ2) is 7.94. The summed E-state index contributed by atoms with van der Waals surface area (Å²) in [5, 5.41) is 0. The van der Waals surface area contributed by atoms with Crippen molar-refractivity contribution in [1.29, 1.82) is 0 Å². The Labute approximate surface area is 143 Å². The Morgan fingerprint density at radius 3 is 2.50 bits per heavy atom. The average molecular weight is 334 g/mol. The maximum Gasteiger partial charge on any atom is 0.223 e. The van der Waals surface area contributed by atoms with Gasteiger partial charge < -0.3 is 15.5 Å². The molecule has 24 heavy (non-hydrogen) atoms. The fourth-order valence-electron chi connectivity index (χ4n) is 3.76. The number of nitrogens with two attached hydrogens (primary N) is 1. The first-order valence-electron chi connectivity index (χ1n) is 8.90. The van der Waals surface area contributed by atoms with Gasteiger partial charge >= 0.3 is 0 Å². The minimum atomic E-state index is -0.193. The molecule has 132 valence electrons. The van der Waals surface area contributed by atoms with Gasteiger partial charge in [0.05, 0.1) is 0 Å². The molecule has 0 radical (unpaired) electrons. The summed E-state index contributed by atoms with van der Waals surface area (Å²) in [5.41, 5.74) is 6.59. The third-order valence-electron chi connectivity index (χ3n) is 5.13.